The van der Waals surface area contributed by atoms with Crippen molar-refractivity contribution in [1.29, 1.82) is 0 Å². The minimum Gasteiger partial charge on any atom is -0.481 e. The average molecular weight is 314 g/mol. The molecule has 0 heterocycles. The third-order valence-corrected chi connectivity index (χ3v) is 4.19. The molecule has 0 aliphatic carbocycles. The van der Waals surface area contributed by atoms with Crippen LogP contribution in [0, 0.1) is 5.92 Å². The first-order valence-corrected chi connectivity index (χ1v) is 8.96. The molecule has 0 aromatic carbocycles. The largest absolute Gasteiger partial charge is 0.481 e. The molecule has 0 aliphatic heterocycles. The van der Waals surface area contributed by atoms with E-state index < -0.39 is 11.9 Å². The third kappa shape index (κ3) is 17.0. The van der Waals surface area contributed by atoms with E-state index in [1.165, 1.54) is 44.9 Å². The standard InChI is InChI=1S/C18H34O4/c1-16(14-15-18(21)22)12-10-8-6-4-2-3-5-7-9-11-13-17(19)20/h16H,2-15H2,1H3,(H,19,20)(H,21,22). The smallest absolute Gasteiger partial charge is 0.303 e. The Kier molecular flexibility index (Phi) is 14.1. The van der Waals surface area contributed by atoms with Crippen molar-refractivity contribution in [3.63, 3.8) is 0 Å². The van der Waals surface area contributed by atoms with Gasteiger partial charge in [0.15, 0.2) is 0 Å². The summed E-state index contributed by atoms with van der Waals surface area (Å²) in [5.74, 6) is -0.839. The zero-order valence-electron chi connectivity index (χ0n) is 14.2. The summed E-state index contributed by atoms with van der Waals surface area (Å²) in [6.45, 7) is 2.15. The molecule has 0 radical (unpaired) electrons. The van der Waals surface area contributed by atoms with E-state index in [2.05, 4.69) is 6.92 Å². The molecule has 1 atom stereocenters. The molecule has 4 heteroatoms. The Balaban J connectivity index is 3.14. The minimum atomic E-state index is -0.685. The third-order valence-electron chi connectivity index (χ3n) is 4.19. The second-order valence-corrected chi connectivity index (χ2v) is 6.51. The van der Waals surface area contributed by atoms with Gasteiger partial charge in [-0.15, -0.1) is 0 Å². The molecule has 0 aromatic heterocycles. The van der Waals surface area contributed by atoms with Gasteiger partial charge in [-0.25, -0.2) is 0 Å². The Labute approximate surface area is 135 Å². The van der Waals surface area contributed by atoms with Gasteiger partial charge in [0.2, 0.25) is 0 Å². The second kappa shape index (κ2) is 14.9. The normalized spacial score (nSPS) is 12.2. The van der Waals surface area contributed by atoms with Gasteiger partial charge in [-0.2, -0.15) is 0 Å². The summed E-state index contributed by atoms with van der Waals surface area (Å²) in [4.78, 5) is 20.8. The molecule has 0 amide bonds. The second-order valence-electron chi connectivity index (χ2n) is 6.51. The maximum absolute atomic E-state index is 10.5. The van der Waals surface area contributed by atoms with Crippen molar-refractivity contribution in [2.45, 2.75) is 96.8 Å². The summed E-state index contributed by atoms with van der Waals surface area (Å²) in [7, 11) is 0. The first-order chi connectivity index (χ1) is 10.5. The average Bonchev–Trinajstić information content (AvgIpc) is 2.45. The molecule has 130 valence electrons. The van der Waals surface area contributed by atoms with Gasteiger partial charge in [0.1, 0.15) is 0 Å². The van der Waals surface area contributed by atoms with Gasteiger partial charge in [0.05, 0.1) is 0 Å². The van der Waals surface area contributed by atoms with Crippen LogP contribution < -0.4 is 0 Å². The minimum absolute atomic E-state index is 0.299. The lowest BCUT2D eigenvalue weighted by atomic mass is 9.97. The lowest BCUT2D eigenvalue weighted by molar-refractivity contribution is -0.138. The van der Waals surface area contributed by atoms with Crippen LogP contribution in [-0.2, 0) is 9.59 Å². The first-order valence-electron chi connectivity index (χ1n) is 8.96. The van der Waals surface area contributed by atoms with Gasteiger partial charge in [-0.05, 0) is 18.8 Å². The number of carboxylic acids is 2. The van der Waals surface area contributed by atoms with E-state index in [0.29, 0.717) is 18.8 Å². The fraction of sp³-hybridized carbons (Fsp3) is 0.889. The maximum atomic E-state index is 10.5. The molecule has 0 spiro atoms. The SMILES string of the molecule is CC(CCCCCCCCCCCCC(=O)O)CCC(=O)O. The molecule has 0 bridgehead atoms. The molecule has 0 aromatic rings. The Morgan fingerprint density at radius 1 is 0.636 bits per heavy atom. The quantitative estimate of drug-likeness (QED) is 0.381. The zero-order valence-corrected chi connectivity index (χ0v) is 14.2. The van der Waals surface area contributed by atoms with Crippen LogP contribution >= 0.6 is 0 Å². The van der Waals surface area contributed by atoms with E-state index in [-0.39, 0.29) is 0 Å². The summed E-state index contributed by atoms with van der Waals surface area (Å²) in [5.41, 5.74) is 0. The van der Waals surface area contributed by atoms with Crippen molar-refractivity contribution in [2.24, 2.45) is 5.92 Å². The summed E-state index contributed by atoms with van der Waals surface area (Å²) in [6.07, 6.45) is 14.4. The van der Waals surface area contributed by atoms with Gasteiger partial charge in [0.25, 0.3) is 0 Å². The fourth-order valence-corrected chi connectivity index (χ4v) is 2.70. The maximum Gasteiger partial charge on any atom is 0.303 e. The Morgan fingerprint density at radius 3 is 1.50 bits per heavy atom. The fourth-order valence-electron chi connectivity index (χ4n) is 2.70. The van der Waals surface area contributed by atoms with Crippen LogP contribution in [0.4, 0.5) is 0 Å². The zero-order chi connectivity index (χ0) is 16.6. The molecule has 0 fully saturated rings. The Morgan fingerprint density at radius 2 is 1.05 bits per heavy atom. The number of unbranched alkanes of at least 4 members (excludes halogenated alkanes) is 9. The summed E-state index contributed by atoms with van der Waals surface area (Å²) in [5, 5.41) is 17.1. The monoisotopic (exact) mass is 314 g/mol. The van der Waals surface area contributed by atoms with Crippen molar-refractivity contribution in [3.8, 4) is 0 Å². The van der Waals surface area contributed by atoms with Crippen molar-refractivity contribution in [3.05, 3.63) is 0 Å². The number of rotatable bonds is 16. The lowest BCUT2D eigenvalue weighted by Crippen LogP contribution is -2.01. The van der Waals surface area contributed by atoms with Gasteiger partial charge < -0.3 is 10.2 Å². The van der Waals surface area contributed by atoms with Crippen LogP contribution in [-0.4, -0.2) is 22.2 Å². The van der Waals surface area contributed by atoms with Crippen molar-refractivity contribution < 1.29 is 19.8 Å². The first kappa shape index (κ1) is 20.9. The summed E-state index contributed by atoms with van der Waals surface area (Å²) >= 11 is 0. The Bertz CT molecular complexity index is 289. The van der Waals surface area contributed by atoms with E-state index in [1.807, 2.05) is 0 Å². The summed E-state index contributed by atoms with van der Waals surface area (Å²) in [6, 6.07) is 0. The van der Waals surface area contributed by atoms with Crippen LogP contribution in [0.1, 0.15) is 96.8 Å². The number of aliphatic carboxylic acids is 2. The van der Waals surface area contributed by atoms with E-state index in [0.717, 1.165) is 32.1 Å². The molecule has 2 N–H and O–H groups in total. The number of hydrogen-bond donors (Lipinski definition) is 2. The van der Waals surface area contributed by atoms with E-state index in [1.54, 1.807) is 0 Å². The molecule has 0 saturated carbocycles. The Hall–Kier alpha value is -1.06. The van der Waals surface area contributed by atoms with Crippen LogP contribution in [0.5, 0.6) is 0 Å². The highest BCUT2D eigenvalue weighted by Gasteiger charge is 2.05. The topological polar surface area (TPSA) is 74.6 Å². The van der Waals surface area contributed by atoms with Crippen LogP contribution in [0.3, 0.4) is 0 Å². The van der Waals surface area contributed by atoms with E-state index in [4.69, 9.17) is 10.2 Å². The highest BCUT2D eigenvalue weighted by Crippen LogP contribution is 2.16. The number of carbonyl (C=O) groups is 2. The van der Waals surface area contributed by atoms with E-state index >= 15 is 0 Å². The van der Waals surface area contributed by atoms with Crippen molar-refractivity contribution in [2.75, 3.05) is 0 Å². The van der Waals surface area contributed by atoms with Crippen molar-refractivity contribution in [1.82, 2.24) is 0 Å². The molecular weight excluding hydrogens is 280 g/mol. The molecule has 0 aliphatic rings. The van der Waals surface area contributed by atoms with E-state index in [9.17, 15) is 9.59 Å². The summed E-state index contributed by atoms with van der Waals surface area (Å²) < 4.78 is 0. The molecular formula is C18H34O4. The van der Waals surface area contributed by atoms with Gasteiger partial charge in [0, 0.05) is 12.8 Å². The van der Waals surface area contributed by atoms with Crippen molar-refractivity contribution >= 4 is 11.9 Å². The van der Waals surface area contributed by atoms with Gasteiger partial charge >= 0.3 is 11.9 Å². The molecule has 4 nitrogen and oxygen atoms in total. The lowest BCUT2D eigenvalue weighted by Gasteiger charge is -2.09. The van der Waals surface area contributed by atoms with Crippen LogP contribution in [0.15, 0.2) is 0 Å². The van der Waals surface area contributed by atoms with Gasteiger partial charge in [-0.3, -0.25) is 9.59 Å². The number of carboxylic acid groups (broad SMARTS) is 2. The highest BCUT2D eigenvalue weighted by molar-refractivity contribution is 5.66. The van der Waals surface area contributed by atoms with Crippen LogP contribution in [0.2, 0.25) is 0 Å². The predicted octanol–water partition coefficient (Wildman–Crippen LogP) is 5.25. The predicted molar refractivity (Wildman–Crippen MR) is 89.1 cm³/mol. The molecule has 22 heavy (non-hydrogen) atoms. The van der Waals surface area contributed by atoms with Gasteiger partial charge in [-0.1, -0.05) is 71.1 Å². The molecule has 1 unspecified atom stereocenters. The number of hydrogen-bond acceptors (Lipinski definition) is 2. The van der Waals surface area contributed by atoms with Crippen LogP contribution in [0.25, 0.3) is 0 Å². The molecule has 0 saturated heterocycles. The molecule has 0 rings (SSSR count). The highest BCUT2D eigenvalue weighted by atomic mass is 16.4.